The maximum absolute atomic E-state index is 12.3. The number of cyclic esters (lactones) is 1. The van der Waals surface area contributed by atoms with Crippen molar-refractivity contribution in [3.8, 4) is 11.5 Å². The Morgan fingerprint density at radius 3 is 1.92 bits per heavy atom. The van der Waals surface area contributed by atoms with E-state index in [4.69, 9.17) is 18.9 Å². The zero-order valence-electron chi connectivity index (χ0n) is 32.5. The molecule has 0 bridgehead atoms. The van der Waals surface area contributed by atoms with Crippen LogP contribution in [0, 0.1) is 16.2 Å². The molecule has 1 aliphatic carbocycles. The Kier molecular flexibility index (Phi) is 14.9. The molecular formula is C43H58O9. The van der Waals surface area contributed by atoms with Crippen molar-refractivity contribution in [3.63, 3.8) is 0 Å². The van der Waals surface area contributed by atoms with Gasteiger partial charge in [-0.15, -0.1) is 0 Å². The minimum atomic E-state index is -0.515. The molecule has 9 nitrogen and oxygen atoms in total. The summed E-state index contributed by atoms with van der Waals surface area (Å²) in [6, 6.07) is 18.9. The average Bonchev–Trinajstić information content (AvgIpc) is 3.43. The van der Waals surface area contributed by atoms with Crippen LogP contribution in [-0.4, -0.2) is 41.7 Å². The van der Waals surface area contributed by atoms with Crippen LogP contribution in [0.1, 0.15) is 124 Å². The lowest BCUT2D eigenvalue weighted by molar-refractivity contribution is -0.161. The Morgan fingerprint density at radius 1 is 0.731 bits per heavy atom. The SMILES string of the molecule is CCC(C)(C)C(=O)OC1CCCCc2ccccc21.CCC(C)(C)C(=O)OC1COC(=O)C1.CCC(C)(C)C(=O)Oc1cccc2c(O)cccc12. The molecule has 1 saturated heterocycles. The Morgan fingerprint density at radius 2 is 1.31 bits per heavy atom. The van der Waals surface area contributed by atoms with Crippen LogP contribution in [0.5, 0.6) is 11.5 Å². The van der Waals surface area contributed by atoms with Crippen molar-refractivity contribution in [2.24, 2.45) is 16.2 Å². The van der Waals surface area contributed by atoms with Crippen LogP contribution in [0.25, 0.3) is 10.8 Å². The van der Waals surface area contributed by atoms with Gasteiger partial charge in [0.15, 0.2) is 0 Å². The number of hydrogen-bond acceptors (Lipinski definition) is 9. The smallest absolute Gasteiger partial charge is 0.316 e. The molecule has 1 aliphatic heterocycles. The summed E-state index contributed by atoms with van der Waals surface area (Å²) in [6.45, 7) is 17.4. The van der Waals surface area contributed by atoms with E-state index in [-0.39, 0.29) is 60.3 Å². The first-order valence-corrected chi connectivity index (χ1v) is 18.5. The number of fused-ring (bicyclic) bond motifs is 2. The van der Waals surface area contributed by atoms with Gasteiger partial charge in [0.05, 0.1) is 22.7 Å². The van der Waals surface area contributed by atoms with Crippen LogP contribution in [0.15, 0.2) is 60.7 Å². The van der Waals surface area contributed by atoms with Crippen molar-refractivity contribution in [2.75, 3.05) is 6.61 Å². The number of hydrogen-bond donors (Lipinski definition) is 1. The second-order valence-corrected chi connectivity index (χ2v) is 15.5. The highest BCUT2D eigenvalue weighted by Gasteiger charge is 2.34. The van der Waals surface area contributed by atoms with Crippen LogP contribution < -0.4 is 4.74 Å². The summed E-state index contributed by atoms with van der Waals surface area (Å²) in [5, 5.41) is 11.2. The van der Waals surface area contributed by atoms with Crippen molar-refractivity contribution < 1.29 is 43.2 Å². The largest absolute Gasteiger partial charge is 0.507 e. The van der Waals surface area contributed by atoms with E-state index < -0.39 is 10.8 Å². The fourth-order valence-corrected chi connectivity index (χ4v) is 5.19. The lowest BCUT2D eigenvalue weighted by atomic mass is 9.90. The maximum atomic E-state index is 12.3. The third kappa shape index (κ3) is 11.3. The summed E-state index contributed by atoms with van der Waals surface area (Å²) in [4.78, 5) is 46.7. The predicted octanol–water partition coefficient (Wildman–Crippen LogP) is 9.60. The van der Waals surface area contributed by atoms with Gasteiger partial charge in [-0.2, -0.15) is 0 Å². The minimum Gasteiger partial charge on any atom is -0.507 e. The Labute approximate surface area is 309 Å². The Bertz CT molecular complexity index is 1690. The van der Waals surface area contributed by atoms with Gasteiger partial charge < -0.3 is 24.1 Å². The molecule has 5 rings (SSSR count). The third-order valence-electron chi connectivity index (χ3n) is 10.3. The monoisotopic (exact) mass is 718 g/mol. The summed E-state index contributed by atoms with van der Waals surface area (Å²) < 4.78 is 21.2. The number of benzene rings is 3. The summed E-state index contributed by atoms with van der Waals surface area (Å²) in [6.07, 6.45) is 6.32. The van der Waals surface area contributed by atoms with E-state index in [0.29, 0.717) is 24.0 Å². The van der Waals surface area contributed by atoms with Gasteiger partial charge >= 0.3 is 23.9 Å². The highest BCUT2D eigenvalue weighted by molar-refractivity contribution is 5.94. The highest BCUT2D eigenvalue weighted by atomic mass is 16.6. The molecule has 2 unspecified atom stereocenters. The maximum Gasteiger partial charge on any atom is 0.316 e. The molecule has 0 aromatic heterocycles. The second kappa shape index (κ2) is 18.4. The lowest BCUT2D eigenvalue weighted by Crippen LogP contribution is -2.30. The van der Waals surface area contributed by atoms with Crippen LogP contribution in [0.4, 0.5) is 0 Å². The first-order valence-electron chi connectivity index (χ1n) is 18.5. The van der Waals surface area contributed by atoms with Gasteiger partial charge in [-0.3, -0.25) is 19.2 Å². The van der Waals surface area contributed by atoms with Gasteiger partial charge in [0, 0.05) is 10.8 Å². The van der Waals surface area contributed by atoms with Gasteiger partial charge in [0.1, 0.15) is 30.3 Å². The molecule has 1 fully saturated rings. The molecule has 52 heavy (non-hydrogen) atoms. The van der Waals surface area contributed by atoms with Gasteiger partial charge in [-0.05, 0) is 110 Å². The van der Waals surface area contributed by atoms with E-state index in [1.165, 1.54) is 17.5 Å². The normalized spacial score (nSPS) is 17.2. The van der Waals surface area contributed by atoms with Crippen LogP contribution in [-0.2, 0) is 39.8 Å². The van der Waals surface area contributed by atoms with E-state index >= 15 is 0 Å². The minimum absolute atomic E-state index is 0.0583. The number of carbonyl (C=O) groups excluding carboxylic acids is 4. The molecule has 1 N–H and O–H groups in total. The van der Waals surface area contributed by atoms with Crippen molar-refractivity contribution >= 4 is 34.6 Å². The number of rotatable bonds is 9. The fraction of sp³-hybridized carbons (Fsp3) is 0.535. The molecule has 1 heterocycles. The lowest BCUT2D eigenvalue weighted by Gasteiger charge is -2.25. The highest BCUT2D eigenvalue weighted by Crippen LogP contribution is 2.35. The molecule has 3 aromatic carbocycles. The van der Waals surface area contributed by atoms with E-state index in [1.807, 2.05) is 74.4 Å². The van der Waals surface area contributed by atoms with Crippen molar-refractivity contribution in [1.82, 2.24) is 0 Å². The van der Waals surface area contributed by atoms with Gasteiger partial charge in [0.25, 0.3) is 0 Å². The summed E-state index contributed by atoms with van der Waals surface area (Å²) in [5.74, 6) is -0.215. The molecule has 284 valence electrons. The summed E-state index contributed by atoms with van der Waals surface area (Å²) >= 11 is 0. The standard InChI is InChI=1S/C17H24O2.C16H18O3.C10H16O4/c1-4-17(2,3)16(18)19-15-12-8-6-10-13-9-5-7-11-14(13)15;1-4-16(2,3)15(18)19-14-10-6-7-11-12(14)8-5-9-13(11)17;1-4-10(2,3)9(12)14-7-5-8(11)13-6-7/h5,7,9,11,15H,4,6,8,10,12H2,1-3H3;5-10,17H,4H2,1-3H3;7H,4-6H2,1-3H3. The first-order chi connectivity index (χ1) is 24.4. The van der Waals surface area contributed by atoms with Gasteiger partial charge in [-0.25, -0.2) is 0 Å². The molecule has 9 heteroatoms. The van der Waals surface area contributed by atoms with E-state index in [1.54, 1.807) is 30.3 Å². The van der Waals surface area contributed by atoms with Crippen molar-refractivity contribution in [1.29, 1.82) is 0 Å². The predicted molar refractivity (Wildman–Crippen MR) is 202 cm³/mol. The van der Waals surface area contributed by atoms with Crippen LogP contribution >= 0.6 is 0 Å². The molecular weight excluding hydrogens is 660 g/mol. The number of aromatic hydroxyl groups is 1. The fourth-order valence-electron chi connectivity index (χ4n) is 5.19. The Balaban J connectivity index is 0.000000213. The van der Waals surface area contributed by atoms with E-state index in [9.17, 15) is 24.3 Å². The zero-order valence-corrected chi connectivity index (χ0v) is 32.5. The summed E-state index contributed by atoms with van der Waals surface area (Å²) in [7, 11) is 0. The van der Waals surface area contributed by atoms with Crippen LogP contribution in [0.3, 0.4) is 0 Å². The average molecular weight is 719 g/mol. The third-order valence-corrected chi connectivity index (χ3v) is 10.3. The number of carbonyl (C=O) groups is 4. The molecule has 2 aliphatic rings. The van der Waals surface area contributed by atoms with Gasteiger partial charge in [0.2, 0.25) is 0 Å². The van der Waals surface area contributed by atoms with Crippen LogP contribution in [0.2, 0.25) is 0 Å². The van der Waals surface area contributed by atoms with Crippen molar-refractivity contribution in [2.45, 2.75) is 126 Å². The topological polar surface area (TPSA) is 125 Å². The second-order valence-electron chi connectivity index (χ2n) is 15.5. The first kappa shape index (κ1) is 42.0. The Hall–Kier alpha value is -4.40. The number of phenolic OH excluding ortho intramolecular Hbond substituents is 1. The molecule has 0 saturated carbocycles. The van der Waals surface area contributed by atoms with Gasteiger partial charge in [-0.1, -0.05) is 69.3 Å². The van der Waals surface area contributed by atoms with Crippen molar-refractivity contribution in [3.05, 3.63) is 71.8 Å². The molecule has 3 aromatic rings. The molecule has 0 radical (unpaired) electrons. The number of aryl methyl sites for hydroxylation is 1. The molecule has 2 atom stereocenters. The molecule has 0 amide bonds. The van der Waals surface area contributed by atoms with E-state index in [2.05, 4.69) is 18.2 Å². The number of phenols is 1. The zero-order chi connectivity index (χ0) is 38.7. The molecule has 0 spiro atoms. The number of ether oxygens (including phenoxy) is 4. The quantitative estimate of drug-likeness (QED) is 0.0996. The van der Waals surface area contributed by atoms with E-state index in [0.717, 1.165) is 31.1 Å². The summed E-state index contributed by atoms with van der Waals surface area (Å²) in [5.41, 5.74) is 1.17. The number of esters is 4.